The van der Waals surface area contributed by atoms with Crippen molar-refractivity contribution in [3.63, 3.8) is 0 Å². The fraction of sp³-hybridized carbons (Fsp3) is 0.625. The van der Waals surface area contributed by atoms with Gasteiger partial charge in [0, 0.05) is 0 Å². The van der Waals surface area contributed by atoms with Crippen molar-refractivity contribution < 1.29 is 26.8 Å². The molecule has 0 heterocycles. The Hall–Kier alpha value is -0.840. The van der Waals surface area contributed by atoms with E-state index in [0.717, 1.165) is 12.1 Å². The summed E-state index contributed by atoms with van der Waals surface area (Å²) in [5.74, 6) is -0.388. The molecule has 0 aliphatic rings. The summed E-state index contributed by atoms with van der Waals surface area (Å²) in [5.41, 5.74) is -0.258. The SMILES string of the molecule is CC(C)OP(=O)(CC(C)c1cccc(C(F)(F)F)c1)OC(C)C. The van der Waals surface area contributed by atoms with Crippen LogP contribution in [0.3, 0.4) is 0 Å². The molecular formula is C16H24F3O3P. The molecule has 1 atom stereocenters. The van der Waals surface area contributed by atoms with Crippen molar-refractivity contribution in [2.24, 2.45) is 0 Å². The van der Waals surface area contributed by atoms with E-state index in [9.17, 15) is 17.7 Å². The molecule has 0 aliphatic heterocycles. The van der Waals surface area contributed by atoms with Gasteiger partial charge in [-0.25, -0.2) is 0 Å². The average Bonchev–Trinajstić information content (AvgIpc) is 2.35. The smallest absolute Gasteiger partial charge is 0.306 e. The van der Waals surface area contributed by atoms with Gasteiger partial charge in [-0.1, -0.05) is 25.1 Å². The fourth-order valence-electron chi connectivity index (χ4n) is 2.22. The molecule has 0 fully saturated rings. The van der Waals surface area contributed by atoms with Gasteiger partial charge in [0.25, 0.3) is 0 Å². The molecular weight excluding hydrogens is 328 g/mol. The lowest BCUT2D eigenvalue weighted by atomic mass is 10.0. The highest BCUT2D eigenvalue weighted by atomic mass is 31.2. The highest BCUT2D eigenvalue weighted by Gasteiger charge is 2.33. The molecule has 0 radical (unpaired) electrons. The molecule has 3 nitrogen and oxygen atoms in total. The zero-order valence-electron chi connectivity index (χ0n) is 14.1. The zero-order valence-corrected chi connectivity index (χ0v) is 14.9. The van der Waals surface area contributed by atoms with Gasteiger partial charge in [-0.3, -0.25) is 4.57 Å². The summed E-state index contributed by atoms with van der Waals surface area (Å²) in [6.45, 7) is 8.68. The van der Waals surface area contributed by atoms with Crippen molar-refractivity contribution in [3.8, 4) is 0 Å². The summed E-state index contributed by atoms with van der Waals surface area (Å²) in [4.78, 5) is 0. The quantitative estimate of drug-likeness (QED) is 0.577. The summed E-state index contributed by atoms with van der Waals surface area (Å²) < 4.78 is 62.2. The van der Waals surface area contributed by atoms with E-state index in [1.165, 1.54) is 6.07 Å². The molecule has 0 saturated heterocycles. The Morgan fingerprint density at radius 2 is 1.57 bits per heavy atom. The first-order chi connectivity index (χ1) is 10.4. The Bertz CT molecular complexity index is 542. The predicted molar refractivity (Wildman–Crippen MR) is 84.8 cm³/mol. The van der Waals surface area contributed by atoms with Gasteiger partial charge in [0.1, 0.15) is 0 Å². The van der Waals surface area contributed by atoms with E-state index in [2.05, 4.69) is 0 Å². The minimum Gasteiger partial charge on any atom is -0.306 e. The Kier molecular flexibility index (Phi) is 6.87. The van der Waals surface area contributed by atoms with Crippen LogP contribution in [0.25, 0.3) is 0 Å². The highest BCUT2D eigenvalue weighted by molar-refractivity contribution is 7.53. The van der Waals surface area contributed by atoms with E-state index in [1.54, 1.807) is 40.7 Å². The first kappa shape index (κ1) is 20.2. The second-order valence-electron chi connectivity index (χ2n) is 6.13. The van der Waals surface area contributed by atoms with E-state index in [1.807, 2.05) is 0 Å². The molecule has 0 aliphatic carbocycles. The lowest BCUT2D eigenvalue weighted by Crippen LogP contribution is -2.14. The van der Waals surface area contributed by atoms with Crippen molar-refractivity contribution in [1.82, 2.24) is 0 Å². The van der Waals surface area contributed by atoms with Gasteiger partial charge in [-0.2, -0.15) is 13.2 Å². The summed E-state index contributed by atoms with van der Waals surface area (Å²) in [7, 11) is -3.39. The van der Waals surface area contributed by atoms with Gasteiger partial charge in [0.15, 0.2) is 0 Å². The van der Waals surface area contributed by atoms with Gasteiger partial charge in [-0.15, -0.1) is 0 Å². The Balaban J connectivity index is 2.99. The molecule has 1 aromatic rings. The lowest BCUT2D eigenvalue weighted by molar-refractivity contribution is -0.137. The normalized spacial score (nSPS) is 14.5. The number of hydrogen-bond acceptors (Lipinski definition) is 3. The highest BCUT2D eigenvalue weighted by Crippen LogP contribution is 2.53. The average molecular weight is 352 g/mol. The Labute approximate surface area is 135 Å². The number of alkyl halides is 3. The van der Waals surface area contributed by atoms with E-state index in [-0.39, 0.29) is 24.3 Å². The third-order valence-electron chi connectivity index (χ3n) is 3.02. The summed E-state index contributed by atoms with van der Waals surface area (Å²) in [6.07, 6.45) is -4.96. The van der Waals surface area contributed by atoms with E-state index >= 15 is 0 Å². The van der Waals surface area contributed by atoms with Crippen LogP contribution in [0.4, 0.5) is 13.2 Å². The van der Waals surface area contributed by atoms with Crippen LogP contribution in [0.1, 0.15) is 51.7 Å². The topological polar surface area (TPSA) is 35.5 Å². The fourth-order valence-corrected chi connectivity index (χ4v) is 4.60. The van der Waals surface area contributed by atoms with Gasteiger partial charge < -0.3 is 9.05 Å². The summed E-state index contributed by atoms with van der Waals surface area (Å²) >= 11 is 0. The minimum absolute atomic E-state index is 0.0324. The van der Waals surface area contributed by atoms with Crippen molar-refractivity contribution in [2.45, 2.75) is 58.9 Å². The molecule has 0 aromatic heterocycles. The van der Waals surface area contributed by atoms with Crippen LogP contribution < -0.4 is 0 Å². The molecule has 1 unspecified atom stereocenters. The number of halogens is 3. The van der Waals surface area contributed by atoms with Gasteiger partial charge in [-0.05, 0) is 45.2 Å². The lowest BCUT2D eigenvalue weighted by Gasteiger charge is -2.25. The van der Waals surface area contributed by atoms with Crippen molar-refractivity contribution in [1.29, 1.82) is 0 Å². The van der Waals surface area contributed by atoms with Crippen molar-refractivity contribution in [2.75, 3.05) is 6.16 Å². The molecule has 0 amide bonds. The molecule has 23 heavy (non-hydrogen) atoms. The van der Waals surface area contributed by atoms with Gasteiger partial charge in [0.05, 0.1) is 23.9 Å². The van der Waals surface area contributed by atoms with E-state index in [4.69, 9.17) is 9.05 Å². The van der Waals surface area contributed by atoms with E-state index in [0.29, 0.717) is 5.56 Å². The molecule has 0 bridgehead atoms. The van der Waals surface area contributed by atoms with Crippen LogP contribution in [0, 0.1) is 0 Å². The van der Waals surface area contributed by atoms with Crippen LogP contribution in [-0.2, 0) is 19.8 Å². The maximum atomic E-state index is 12.8. The predicted octanol–water partition coefficient (Wildman–Crippen LogP) is 5.85. The summed E-state index contributed by atoms with van der Waals surface area (Å²) in [6, 6.07) is 5.05. The van der Waals surface area contributed by atoms with Gasteiger partial charge in [0.2, 0.25) is 0 Å². The zero-order chi connectivity index (χ0) is 17.8. The van der Waals surface area contributed by atoms with E-state index < -0.39 is 19.3 Å². The van der Waals surface area contributed by atoms with Crippen LogP contribution in [-0.4, -0.2) is 18.4 Å². The van der Waals surface area contributed by atoms with Crippen molar-refractivity contribution in [3.05, 3.63) is 35.4 Å². The molecule has 132 valence electrons. The molecule has 0 saturated carbocycles. The molecule has 1 aromatic carbocycles. The maximum absolute atomic E-state index is 12.8. The number of hydrogen-bond donors (Lipinski definition) is 0. The second kappa shape index (κ2) is 7.82. The van der Waals surface area contributed by atoms with Crippen LogP contribution in [0.2, 0.25) is 0 Å². The maximum Gasteiger partial charge on any atom is 0.416 e. The standard InChI is InChI=1S/C16H24F3O3P/c1-11(2)21-23(20,22-12(3)4)10-13(5)14-7-6-8-15(9-14)16(17,18)19/h6-9,11-13H,10H2,1-5H3. The third-order valence-corrected chi connectivity index (χ3v) is 5.50. The second-order valence-corrected chi connectivity index (χ2v) is 8.13. The van der Waals surface area contributed by atoms with Crippen molar-refractivity contribution >= 4 is 7.60 Å². The molecule has 7 heteroatoms. The largest absolute Gasteiger partial charge is 0.416 e. The first-order valence-electron chi connectivity index (χ1n) is 7.56. The molecule has 1 rings (SSSR count). The van der Waals surface area contributed by atoms with Gasteiger partial charge >= 0.3 is 13.8 Å². The first-order valence-corrected chi connectivity index (χ1v) is 9.29. The minimum atomic E-state index is -4.40. The van der Waals surface area contributed by atoms with Crippen LogP contribution in [0.15, 0.2) is 24.3 Å². The Morgan fingerprint density at radius 1 is 1.04 bits per heavy atom. The third kappa shape index (κ3) is 6.66. The molecule has 0 N–H and O–H groups in total. The Morgan fingerprint density at radius 3 is 2.00 bits per heavy atom. The number of benzene rings is 1. The van der Waals surface area contributed by atoms with Crippen LogP contribution >= 0.6 is 7.60 Å². The number of rotatable bonds is 7. The van der Waals surface area contributed by atoms with Crippen LogP contribution in [0.5, 0.6) is 0 Å². The monoisotopic (exact) mass is 352 g/mol. The molecule has 0 spiro atoms. The summed E-state index contributed by atoms with van der Waals surface area (Å²) in [5, 5.41) is 0.